The van der Waals surface area contributed by atoms with E-state index in [1.165, 1.54) is 0 Å². The topological polar surface area (TPSA) is 68.0 Å². The molecule has 2 N–H and O–H groups in total. The minimum Gasteiger partial charge on any atom is -0.494 e. The molecule has 0 radical (unpaired) electrons. The lowest BCUT2D eigenvalue weighted by Gasteiger charge is -2.25. The van der Waals surface area contributed by atoms with Gasteiger partial charge in [-0.3, -0.25) is 4.99 Å². The molecule has 28 heavy (non-hydrogen) atoms. The zero-order chi connectivity index (χ0) is 19.5. The molecule has 152 valence electrons. The van der Waals surface area contributed by atoms with E-state index in [9.17, 15) is 5.11 Å². The molecule has 2 aliphatic heterocycles. The number of hydrogen-bond donors (Lipinski definition) is 2. The molecule has 0 aliphatic carbocycles. The van der Waals surface area contributed by atoms with Gasteiger partial charge in [-0.05, 0) is 43.9 Å². The standard InChI is InChI=1S/C22H31N3O3/c1-3-15(4-2)24-16-5-6-20-18(13-16)21(19-14-28-12-9-23-19)22(26)25(20)17-7-10-27-11-8-17/h5-6,13,15,17,24,26H,3-4,7-12,14H2,1-2H3. The highest BCUT2D eigenvalue weighted by atomic mass is 16.5. The zero-order valence-electron chi connectivity index (χ0n) is 16.9. The molecule has 0 saturated carbocycles. The lowest BCUT2D eigenvalue weighted by molar-refractivity contribution is 0.0688. The molecule has 1 saturated heterocycles. The molecule has 0 unspecified atom stereocenters. The number of nitrogens with one attached hydrogen (secondary N) is 1. The van der Waals surface area contributed by atoms with E-state index in [-0.39, 0.29) is 6.04 Å². The molecule has 1 fully saturated rings. The van der Waals surface area contributed by atoms with Crippen molar-refractivity contribution in [2.75, 3.05) is 38.3 Å². The van der Waals surface area contributed by atoms with Crippen LogP contribution >= 0.6 is 0 Å². The number of fused-ring (bicyclic) bond motifs is 1. The van der Waals surface area contributed by atoms with Crippen molar-refractivity contribution in [2.24, 2.45) is 4.99 Å². The predicted molar refractivity (Wildman–Crippen MR) is 113 cm³/mol. The van der Waals surface area contributed by atoms with E-state index in [1.807, 2.05) is 0 Å². The van der Waals surface area contributed by atoms with Gasteiger partial charge in [0.25, 0.3) is 0 Å². The van der Waals surface area contributed by atoms with Gasteiger partial charge in [0, 0.05) is 36.4 Å². The first-order valence-corrected chi connectivity index (χ1v) is 10.6. The van der Waals surface area contributed by atoms with Crippen LogP contribution in [0, 0.1) is 0 Å². The van der Waals surface area contributed by atoms with Gasteiger partial charge in [-0.1, -0.05) is 13.8 Å². The Morgan fingerprint density at radius 1 is 1.18 bits per heavy atom. The van der Waals surface area contributed by atoms with Crippen LogP contribution in [-0.4, -0.2) is 54.4 Å². The van der Waals surface area contributed by atoms with E-state index in [0.717, 1.165) is 66.8 Å². The van der Waals surface area contributed by atoms with E-state index < -0.39 is 0 Å². The number of anilines is 1. The fourth-order valence-electron chi connectivity index (χ4n) is 4.33. The van der Waals surface area contributed by atoms with E-state index in [0.29, 0.717) is 31.7 Å². The van der Waals surface area contributed by atoms with Gasteiger partial charge in [0.1, 0.15) is 0 Å². The van der Waals surface area contributed by atoms with Crippen LogP contribution in [0.15, 0.2) is 23.2 Å². The Hall–Kier alpha value is -2.05. The lowest BCUT2D eigenvalue weighted by atomic mass is 10.1. The number of ether oxygens (including phenoxy) is 2. The maximum Gasteiger partial charge on any atom is 0.201 e. The average molecular weight is 386 g/mol. The minimum atomic E-state index is 0.243. The Balaban J connectivity index is 1.83. The quantitative estimate of drug-likeness (QED) is 0.785. The first-order chi connectivity index (χ1) is 13.7. The van der Waals surface area contributed by atoms with Gasteiger partial charge >= 0.3 is 0 Å². The smallest absolute Gasteiger partial charge is 0.201 e. The van der Waals surface area contributed by atoms with Crippen LogP contribution in [0.4, 0.5) is 5.69 Å². The number of hydrogen-bond acceptors (Lipinski definition) is 5. The van der Waals surface area contributed by atoms with Gasteiger partial charge in [-0.2, -0.15) is 0 Å². The zero-order valence-corrected chi connectivity index (χ0v) is 16.9. The third kappa shape index (κ3) is 3.63. The largest absolute Gasteiger partial charge is 0.494 e. The van der Waals surface area contributed by atoms with Crippen molar-refractivity contribution in [2.45, 2.75) is 51.6 Å². The summed E-state index contributed by atoms with van der Waals surface area (Å²) in [6, 6.07) is 7.10. The first-order valence-electron chi connectivity index (χ1n) is 10.6. The highest BCUT2D eigenvalue weighted by Crippen LogP contribution is 2.39. The molecule has 6 heteroatoms. The molecule has 3 heterocycles. The maximum atomic E-state index is 11.2. The molecule has 0 spiro atoms. The van der Waals surface area contributed by atoms with Crippen LogP contribution in [0.3, 0.4) is 0 Å². The molecule has 4 rings (SSSR count). The van der Waals surface area contributed by atoms with Crippen molar-refractivity contribution in [1.82, 2.24) is 4.57 Å². The van der Waals surface area contributed by atoms with Gasteiger partial charge < -0.3 is 24.5 Å². The van der Waals surface area contributed by atoms with Gasteiger partial charge in [-0.15, -0.1) is 0 Å². The molecule has 0 amide bonds. The Labute approximate surface area is 166 Å². The average Bonchev–Trinajstić information content (AvgIpc) is 3.04. The fraction of sp³-hybridized carbons (Fsp3) is 0.591. The van der Waals surface area contributed by atoms with E-state index >= 15 is 0 Å². The summed E-state index contributed by atoms with van der Waals surface area (Å²) in [6.07, 6.45) is 3.98. The van der Waals surface area contributed by atoms with E-state index in [1.54, 1.807) is 0 Å². The maximum absolute atomic E-state index is 11.2. The Morgan fingerprint density at radius 3 is 2.64 bits per heavy atom. The fourth-order valence-corrected chi connectivity index (χ4v) is 4.33. The molecule has 1 aromatic heterocycles. The number of nitrogens with zero attached hydrogens (tertiary/aromatic N) is 2. The monoisotopic (exact) mass is 385 g/mol. The molecular weight excluding hydrogens is 354 g/mol. The van der Waals surface area contributed by atoms with Crippen molar-refractivity contribution in [3.63, 3.8) is 0 Å². The van der Waals surface area contributed by atoms with Crippen LogP contribution in [0.25, 0.3) is 10.9 Å². The second-order valence-corrected chi connectivity index (χ2v) is 7.68. The number of aromatic hydroxyl groups is 1. The molecule has 0 bridgehead atoms. The number of benzene rings is 1. The van der Waals surface area contributed by atoms with Crippen LogP contribution in [0.2, 0.25) is 0 Å². The second-order valence-electron chi connectivity index (χ2n) is 7.68. The number of aromatic nitrogens is 1. The van der Waals surface area contributed by atoms with Crippen molar-refractivity contribution >= 4 is 22.3 Å². The molecule has 2 aliphatic rings. The highest BCUT2D eigenvalue weighted by molar-refractivity contribution is 6.14. The SMILES string of the molecule is CCC(CC)Nc1ccc2c(c1)c(C1=NCCOC1)c(O)n2C1CCOCC1. The molecule has 1 aromatic carbocycles. The summed E-state index contributed by atoms with van der Waals surface area (Å²) < 4.78 is 13.3. The molecule has 0 atom stereocenters. The Kier molecular flexibility index (Phi) is 5.87. The van der Waals surface area contributed by atoms with Crippen molar-refractivity contribution < 1.29 is 14.6 Å². The van der Waals surface area contributed by atoms with Crippen LogP contribution in [0.5, 0.6) is 5.88 Å². The van der Waals surface area contributed by atoms with Crippen molar-refractivity contribution in [3.05, 3.63) is 23.8 Å². The summed E-state index contributed by atoms with van der Waals surface area (Å²) >= 11 is 0. The second kappa shape index (κ2) is 8.53. The van der Waals surface area contributed by atoms with Gasteiger partial charge in [0.2, 0.25) is 5.88 Å². The molecule has 2 aromatic rings. The van der Waals surface area contributed by atoms with Crippen LogP contribution < -0.4 is 5.32 Å². The summed E-state index contributed by atoms with van der Waals surface area (Å²) in [4.78, 5) is 4.67. The summed E-state index contributed by atoms with van der Waals surface area (Å²) in [6.45, 7) is 7.60. The first kappa shape index (κ1) is 19.3. The number of aliphatic imine (C=N–C) groups is 1. The normalized spacial score (nSPS) is 18.6. The van der Waals surface area contributed by atoms with Crippen molar-refractivity contribution in [3.8, 4) is 5.88 Å². The van der Waals surface area contributed by atoms with Crippen LogP contribution in [-0.2, 0) is 9.47 Å². The van der Waals surface area contributed by atoms with Crippen LogP contribution in [0.1, 0.15) is 51.1 Å². The number of rotatable bonds is 6. The summed E-state index contributed by atoms with van der Waals surface area (Å²) in [7, 11) is 0. The highest BCUT2D eigenvalue weighted by Gasteiger charge is 2.27. The molecular formula is C22H31N3O3. The third-order valence-electron chi connectivity index (χ3n) is 5.96. The van der Waals surface area contributed by atoms with Gasteiger partial charge in [0.05, 0.1) is 36.6 Å². The van der Waals surface area contributed by atoms with E-state index in [4.69, 9.17) is 9.47 Å². The van der Waals surface area contributed by atoms with Gasteiger partial charge in [0.15, 0.2) is 0 Å². The predicted octanol–water partition coefficient (Wildman–Crippen LogP) is 4.12. The Morgan fingerprint density at radius 2 is 1.96 bits per heavy atom. The van der Waals surface area contributed by atoms with Gasteiger partial charge in [-0.25, -0.2) is 0 Å². The van der Waals surface area contributed by atoms with Crippen molar-refractivity contribution in [1.29, 1.82) is 0 Å². The Bertz CT molecular complexity index is 848. The summed E-state index contributed by atoms with van der Waals surface area (Å²) in [5.74, 6) is 0.311. The third-order valence-corrected chi connectivity index (χ3v) is 5.96. The minimum absolute atomic E-state index is 0.243. The summed E-state index contributed by atoms with van der Waals surface area (Å²) in [5.41, 5.74) is 3.82. The lowest BCUT2D eigenvalue weighted by Crippen LogP contribution is -2.20. The summed E-state index contributed by atoms with van der Waals surface area (Å²) in [5, 5.41) is 15.9. The van der Waals surface area contributed by atoms with E-state index in [2.05, 4.69) is 46.9 Å². The molecule has 6 nitrogen and oxygen atoms in total.